The molecule has 1 saturated carbocycles. The number of carbonyl (C=O) groups is 1. The third kappa shape index (κ3) is 2.38. The van der Waals surface area contributed by atoms with Gasteiger partial charge in [0.1, 0.15) is 0 Å². The van der Waals surface area contributed by atoms with Crippen LogP contribution in [0.5, 0.6) is 0 Å². The summed E-state index contributed by atoms with van der Waals surface area (Å²) in [5.41, 5.74) is 0.0765. The Morgan fingerprint density at radius 3 is 2.25 bits per heavy atom. The fraction of sp³-hybridized carbons (Fsp3) is 0.917. The van der Waals surface area contributed by atoms with E-state index in [4.69, 9.17) is 14.6 Å². The Morgan fingerprint density at radius 2 is 1.88 bits per heavy atom. The molecular formula is C12H22O4. The number of ether oxygens (including phenoxy) is 2. The highest BCUT2D eigenvalue weighted by Crippen LogP contribution is 2.63. The van der Waals surface area contributed by atoms with Crippen LogP contribution >= 0.6 is 0 Å². The van der Waals surface area contributed by atoms with E-state index >= 15 is 0 Å². The van der Waals surface area contributed by atoms with Crippen molar-refractivity contribution in [3.63, 3.8) is 0 Å². The minimum Gasteiger partial charge on any atom is -0.481 e. The Hall–Kier alpha value is -0.610. The van der Waals surface area contributed by atoms with Gasteiger partial charge in [0, 0.05) is 20.6 Å². The number of methoxy groups -OCH3 is 2. The lowest BCUT2D eigenvalue weighted by molar-refractivity contribution is -0.142. The maximum absolute atomic E-state index is 11.0. The molecule has 1 fully saturated rings. The van der Waals surface area contributed by atoms with E-state index in [-0.39, 0.29) is 23.5 Å². The number of carboxylic acids is 1. The molecule has 3 atom stereocenters. The van der Waals surface area contributed by atoms with E-state index in [1.54, 1.807) is 21.1 Å². The van der Waals surface area contributed by atoms with Crippen molar-refractivity contribution in [2.75, 3.05) is 14.2 Å². The van der Waals surface area contributed by atoms with Crippen molar-refractivity contribution in [2.45, 2.75) is 33.5 Å². The second kappa shape index (κ2) is 4.72. The summed E-state index contributed by atoms with van der Waals surface area (Å²) in [6.07, 6.45) is 0.540. The summed E-state index contributed by atoms with van der Waals surface area (Å²) < 4.78 is 10.3. The number of carboxylic acid groups (broad SMARTS) is 1. The normalized spacial score (nSPS) is 29.1. The maximum atomic E-state index is 11.0. The average Bonchev–Trinajstić information content (AvgIpc) is 2.75. The van der Waals surface area contributed by atoms with Crippen LogP contribution < -0.4 is 0 Å². The molecule has 0 amide bonds. The van der Waals surface area contributed by atoms with Gasteiger partial charge in [0.25, 0.3) is 0 Å². The first-order valence-corrected chi connectivity index (χ1v) is 5.64. The Bertz CT molecular complexity index is 258. The lowest BCUT2D eigenvalue weighted by Gasteiger charge is -2.13. The third-order valence-corrected chi connectivity index (χ3v) is 4.04. The summed E-state index contributed by atoms with van der Waals surface area (Å²) in [5, 5.41) is 9.03. The molecule has 1 aliphatic carbocycles. The van der Waals surface area contributed by atoms with Crippen molar-refractivity contribution >= 4 is 5.97 Å². The molecule has 0 aromatic heterocycles. The first kappa shape index (κ1) is 13.5. The van der Waals surface area contributed by atoms with Gasteiger partial charge in [0.15, 0.2) is 6.29 Å². The van der Waals surface area contributed by atoms with Gasteiger partial charge < -0.3 is 14.6 Å². The number of rotatable bonds is 6. The van der Waals surface area contributed by atoms with Crippen LogP contribution in [0.25, 0.3) is 0 Å². The Morgan fingerprint density at radius 1 is 1.38 bits per heavy atom. The molecule has 1 rings (SSSR count). The van der Waals surface area contributed by atoms with Crippen LogP contribution in [-0.2, 0) is 14.3 Å². The molecule has 0 bridgehead atoms. The number of hydrogen-bond acceptors (Lipinski definition) is 3. The van der Waals surface area contributed by atoms with Gasteiger partial charge in [-0.3, -0.25) is 4.79 Å². The van der Waals surface area contributed by atoms with Gasteiger partial charge in [-0.25, -0.2) is 0 Å². The predicted octanol–water partition coefficient (Wildman–Crippen LogP) is 1.99. The molecule has 16 heavy (non-hydrogen) atoms. The van der Waals surface area contributed by atoms with Crippen molar-refractivity contribution < 1.29 is 19.4 Å². The zero-order valence-electron chi connectivity index (χ0n) is 10.7. The first-order valence-electron chi connectivity index (χ1n) is 5.64. The van der Waals surface area contributed by atoms with Crippen molar-refractivity contribution in [3.05, 3.63) is 0 Å². The van der Waals surface area contributed by atoms with Gasteiger partial charge >= 0.3 is 5.97 Å². The molecule has 4 heteroatoms. The van der Waals surface area contributed by atoms with Crippen LogP contribution in [0.15, 0.2) is 0 Å². The maximum Gasteiger partial charge on any atom is 0.306 e. The van der Waals surface area contributed by atoms with E-state index < -0.39 is 5.97 Å². The molecule has 1 aliphatic rings. The second-order valence-electron chi connectivity index (χ2n) is 5.22. The number of hydrogen-bond donors (Lipinski definition) is 1. The molecule has 0 aromatic carbocycles. The van der Waals surface area contributed by atoms with Gasteiger partial charge in [-0.2, -0.15) is 0 Å². The topological polar surface area (TPSA) is 55.8 Å². The Labute approximate surface area is 96.9 Å². The van der Waals surface area contributed by atoms with E-state index in [9.17, 15) is 4.79 Å². The molecule has 0 spiro atoms. The molecule has 0 aliphatic heterocycles. The summed E-state index contributed by atoms with van der Waals surface area (Å²) >= 11 is 0. The summed E-state index contributed by atoms with van der Waals surface area (Å²) in [4.78, 5) is 11.0. The number of aliphatic carboxylic acids is 1. The van der Waals surface area contributed by atoms with E-state index in [2.05, 4.69) is 13.8 Å². The van der Waals surface area contributed by atoms with Crippen molar-refractivity contribution in [3.8, 4) is 0 Å². The standard InChI is InChI=1S/C12H22O4/c1-7(11(13)14)10-8(12(10,2)3)6-9(15-4)16-5/h7-10H,6H2,1-5H3,(H,13,14)/t7?,8-,10-/m1/s1. The first-order chi connectivity index (χ1) is 7.36. The van der Waals surface area contributed by atoms with Gasteiger partial charge in [-0.05, 0) is 17.3 Å². The molecular weight excluding hydrogens is 208 g/mol. The van der Waals surface area contributed by atoms with Gasteiger partial charge in [0.2, 0.25) is 0 Å². The van der Waals surface area contributed by atoms with Gasteiger partial charge in [-0.15, -0.1) is 0 Å². The van der Waals surface area contributed by atoms with Crippen LogP contribution in [0, 0.1) is 23.2 Å². The molecule has 4 nitrogen and oxygen atoms in total. The molecule has 0 radical (unpaired) electrons. The second-order valence-corrected chi connectivity index (χ2v) is 5.22. The van der Waals surface area contributed by atoms with Crippen LogP contribution in [0.1, 0.15) is 27.2 Å². The van der Waals surface area contributed by atoms with E-state index in [1.165, 1.54) is 0 Å². The molecule has 0 aromatic rings. The quantitative estimate of drug-likeness (QED) is 0.709. The highest BCUT2D eigenvalue weighted by atomic mass is 16.7. The van der Waals surface area contributed by atoms with Crippen molar-refractivity contribution in [2.24, 2.45) is 23.2 Å². The molecule has 0 heterocycles. The smallest absolute Gasteiger partial charge is 0.306 e. The molecule has 1 unspecified atom stereocenters. The Balaban J connectivity index is 2.60. The zero-order valence-corrected chi connectivity index (χ0v) is 10.7. The SMILES string of the molecule is COC(C[C@@H]1[C@@H](C(C)C(=O)O)C1(C)C)OC. The fourth-order valence-electron chi connectivity index (χ4n) is 2.88. The Kier molecular flexibility index (Phi) is 3.97. The van der Waals surface area contributed by atoms with Gasteiger partial charge in [-0.1, -0.05) is 20.8 Å². The minimum atomic E-state index is -0.716. The van der Waals surface area contributed by atoms with Crippen LogP contribution in [0.2, 0.25) is 0 Å². The van der Waals surface area contributed by atoms with Gasteiger partial charge in [0.05, 0.1) is 5.92 Å². The third-order valence-electron chi connectivity index (χ3n) is 4.04. The highest BCUT2D eigenvalue weighted by Gasteiger charge is 2.61. The zero-order chi connectivity index (χ0) is 12.5. The molecule has 1 N–H and O–H groups in total. The lowest BCUT2D eigenvalue weighted by Crippen LogP contribution is -2.17. The predicted molar refractivity (Wildman–Crippen MR) is 60.0 cm³/mol. The van der Waals surface area contributed by atoms with Crippen LogP contribution in [0.3, 0.4) is 0 Å². The summed E-state index contributed by atoms with van der Waals surface area (Å²) in [6, 6.07) is 0. The van der Waals surface area contributed by atoms with Crippen molar-refractivity contribution in [1.82, 2.24) is 0 Å². The highest BCUT2D eigenvalue weighted by molar-refractivity contribution is 5.70. The monoisotopic (exact) mass is 230 g/mol. The fourth-order valence-corrected chi connectivity index (χ4v) is 2.88. The van der Waals surface area contributed by atoms with E-state index in [0.29, 0.717) is 5.92 Å². The summed E-state index contributed by atoms with van der Waals surface area (Å²) in [5.74, 6) is -0.428. The summed E-state index contributed by atoms with van der Waals surface area (Å²) in [7, 11) is 3.22. The van der Waals surface area contributed by atoms with Crippen molar-refractivity contribution in [1.29, 1.82) is 0 Å². The lowest BCUT2D eigenvalue weighted by atomic mass is 9.99. The molecule has 0 saturated heterocycles. The van der Waals surface area contributed by atoms with E-state index in [0.717, 1.165) is 6.42 Å². The van der Waals surface area contributed by atoms with E-state index in [1.807, 2.05) is 0 Å². The van der Waals surface area contributed by atoms with Crippen LogP contribution in [-0.4, -0.2) is 31.6 Å². The average molecular weight is 230 g/mol. The van der Waals surface area contributed by atoms with Crippen LogP contribution in [0.4, 0.5) is 0 Å². The summed E-state index contributed by atoms with van der Waals surface area (Å²) in [6.45, 7) is 6.01. The molecule has 94 valence electrons. The minimum absolute atomic E-state index is 0.0765. The largest absolute Gasteiger partial charge is 0.481 e.